The van der Waals surface area contributed by atoms with E-state index in [0.29, 0.717) is 18.5 Å². The van der Waals surface area contributed by atoms with Crippen LogP contribution in [-0.4, -0.2) is 34.0 Å². The molecular weight excluding hydrogens is 502 g/mol. The van der Waals surface area contributed by atoms with Gasteiger partial charge in [-0.1, -0.05) is 87.5 Å². The van der Waals surface area contributed by atoms with Gasteiger partial charge in [0, 0.05) is 29.7 Å². The van der Waals surface area contributed by atoms with Crippen LogP contribution in [0.25, 0.3) is 11.3 Å². The van der Waals surface area contributed by atoms with Crippen LogP contribution in [-0.2, 0) is 30.7 Å². The van der Waals surface area contributed by atoms with Crippen molar-refractivity contribution in [2.24, 2.45) is 5.41 Å². The lowest BCUT2D eigenvalue weighted by Gasteiger charge is -2.19. The normalized spacial score (nSPS) is 11.6. The molecule has 0 aliphatic rings. The van der Waals surface area contributed by atoms with Crippen molar-refractivity contribution in [2.75, 3.05) is 18.4 Å². The fraction of sp³-hybridized carbons (Fsp3) is 0.333. The minimum absolute atomic E-state index is 0.0211. The number of aryl methyl sites for hydroxylation is 1. The van der Waals surface area contributed by atoms with Crippen molar-refractivity contribution in [1.29, 1.82) is 0 Å². The number of anilines is 1. The smallest absolute Gasteiger partial charge is 0.317 e. The largest absolute Gasteiger partial charge is 0.480 e. The molecule has 0 spiro atoms. The van der Waals surface area contributed by atoms with Crippen LogP contribution in [0.5, 0.6) is 0 Å². The van der Waals surface area contributed by atoms with Gasteiger partial charge in [0.2, 0.25) is 0 Å². The summed E-state index contributed by atoms with van der Waals surface area (Å²) in [4.78, 5) is 18.1. The van der Waals surface area contributed by atoms with Gasteiger partial charge in [-0.3, -0.25) is 9.69 Å². The summed E-state index contributed by atoms with van der Waals surface area (Å²) in [5, 5.41) is 15.9. The van der Waals surface area contributed by atoms with E-state index in [0.717, 1.165) is 53.3 Å². The Morgan fingerprint density at radius 2 is 1.59 bits per heavy atom. The topological polar surface area (TPSA) is 65.5 Å². The molecule has 0 saturated heterocycles. The van der Waals surface area contributed by atoms with Crippen molar-refractivity contribution in [3.8, 4) is 11.3 Å². The molecule has 0 amide bonds. The van der Waals surface area contributed by atoms with E-state index in [1.165, 1.54) is 11.1 Å². The highest BCUT2D eigenvalue weighted by atomic mass is 32.1. The number of nitrogens with zero attached hydrogens (tertiary/aromatic N) is 2. The first-order valence-corrected chi connectivity index (χ1v) is 14.5. The molecule has 0 aliphatic heterocycles. The average molecular weight is 542 g/mol. The molecule has 39 heavy (non-hydrogen) atoms. The Bertz CT molecular complexity index is 1310. The van der Waals surface area contributed by atoms with Gasteiger partial charge >= 0.3 is 5.97 Å². The maximum Gasteiger partial charge on any atom is 0.317 e. The van der Waals surface area contributed by atoms with Crippen molar-refractivity contribution in [1.82, 2.24) is 9.88 Å². The number of carbonyl (C=O) groups is 1. The van der Waals surface area contributed by atoms with E-state index in [1.807, 2.05) is 40.6 Å². The van der Waals surface area contributed by atoms with Crippen LogP contribution >= 0.6 is 11.3 Å². The third kappa shape index (κ3) is 9.65. The Balaban J connectivity index is 1.25. The lowest BCUT2D eigenvalue weighted by molar-refractivity contribution is -0.138. The molecule has 2 N–H and O–H groups in total. The van der Waals surface area contributed by atoms with Crippen molar-refractivity contribution in [3.05, 3.63) is 106 Å². The summed E-state index contributed by atoms with van der Waals surface area (Å²) >= 11 is 1.57. The van der Waals surface area contributed by atoms with Gasteiger partial charge in [-0.15, -0.1) is 11.3 Å². The van der Waals surface area contributed by atoms with Crippen LogP contribution in [0.3, 0.4) is 0 Å². The van der Waals surface area contributed by atoms with Crippen molar-refractivity contribution < 1.29 is 9.90 Å². The summed E-state index contributed by atoms with van der Waals surface area (Å²) in [7, 11) is 0. The molecule has 5 nitrogen and oxygen atoms in total. The molecule has 4 aromatic rings. The van der Waals surface area contributed by atoms with E-state index in [1.54, 1.807) is 11.3 Å². The summed E-state index contributed by atoms with van der Waals surface area (Å²) in [5.74, 6) is -0.834. The molecule has 0 radical (unpaired) electrons. The first-order chi connectivity index (χ1) is 18.7. The van der Waals surface area contributed by atoms with Crippen LogP contribution in [0.4, 0.5) is 5.69 Å². The second-order valence-electron chi connectivity index (χ2n) is 11.3. The zero-order valence-corrected chi connectivity index (χ0v) is 24.0. The molecule has 0 bridgehead atoms. The van der Waals surface area contributed by atoms with E-state index in [9.17, 15) is 9.90 Å². The van der Waals surface area contributed by atoms with E-state index in [-0.39, 0.29) is 6.54 Å². The third-order valence-electron chi connectivity index (χ3n) is 6.43. The molecule has 0 atom stereocenters. The summed E-state index contributed by atoms with van der Waals surface area (Å²) < 4.78 is 0. The van der Waals surface area contributed by atoms with E-state index in [4.69, 9.17) is 4.98 Å². The van der Waals surface area contributed by atoms with Crippen LogP contribution in [0.1, 0.15) is 48.9 Å². The van der Waals surface area contributed by atoms with Crippen LogP contribution in [0.15, 0.2) is 84.2 Å². The number of benzene rings is 3. The maximum absolute atomic E-state index is 11.4. The Morgan fingerprint density at radius 3 is 2.26 bits per heavy atom. The van der Waals surface area contributed by atoms with Gasteiger partial charge in [0.05, 0.1) is 18.8 Å². The molecule has 1 heterocycles. The molecule has 3 aromatic carbocycles. The highest BCUT2D eigenvalue weighted by Crippen LogP contribution is 2.25. The highest BCUT2D eigenvalue weighted by molar-refractivity contribution is 7.09. The molecule has 4 rings (SSSR count). The monoisotopic (exact) mass is 541 g/mol. The predicted octanol–water partition coefficient (Wildman–Crippen LogP) is 7.53. The minimum Gasteiger partial charge on any atom is -0.480 e. The number of thiazole rings is 1. The summed E-state index contributed by atoms with van der Waals surface area (Å²) in [6, 6.07) is 27.4. The molecule has 0 aliphatic carbocycles. The minimum atomic E-state index is -0.834. The Labute approximate surface area is 236 Å². The van der Waals surface area contributed by atoms with Crippen LogP contribution in [0.2, 0.25) is 0 Å². The number of hydrogen-bond donors (Lipinski definition) is 2. The van der Waals surface area contributed by atoms with E-state index in [2.05, 4.69) is 74.6 Å². The van der Waals surface area contributed by atoms with Gasteiger partial charge in [-0.05, 0) is 53.5 Å². The molecule has 6 heteroatoms. The number of aromatic nitrogens is 1. The zero-order chi connectivity index (χ0) is 27.7. The predicted molar refractivity (Wildman–Crippen MR) is 162 cm³/mol. The second-order valence-corrected chi connectivity index (χ2v) is 12.3. The quantitative estimate of drug-likeness (QED) is 0.171. The first-order valence-electron chi connectivity index (χ1n) is 13.6. The fourth-order valence-electron chi connectivity index (χ4n) is 4.63. The molecule has 0 fully saturated rings. The molecular formula is C33H39N3O2S. The highest BCUT2D eigenvalue weighted by Gasteiger charge is 2.14. The SMILES string of the molecule is CC(C)(C)Cc1ccc(CCCNc2ccc(-c3csc(CN(CC(=O)O)Cc4ccccc4)n3)cc2)cc1. The Hall–Kier alpha value is -3.48. The average Bonchev–Trinajstić information content (AvgIpc) is 3.36. The lowest BCUT2D eigenvalue weighted by atomic mass is 9.88. The number of hydrogen-bond acceptors (Lipinski definition) is 5. The first kappa shape index (κ1) is 28.5. The van der Waals surface area contributed by atoms with Gasteiger partial charge in [-0.2, -0.15) is 0 Å². The summed E-state index contributed by atoms with van der Waals surface area (Å²) in [6.45, 7) is 8.81. The second kappa shape index (κ2) is 13.5. The van der Waals surface area contributed by atoms with Crippen LogP contribution in [0, 0.1) is 5.41 Å². The number of carboxylic acid groups (broad SMARTS) is 1. The lowest BCUT2D eigenvalue weighted by Crippen LogP contribution is -2.28. The standard InChI is InChI=1S/C33H39N3O2S/c1-33(2,3)20-26-13-11-25(12-14-26)10-7-19-34-29-17-15-28(16-18-29)30-24-39-31(35-30)22-36(23-32(37)38)21-27-8-5-4-6-9-27/h4-6,8-9,11-18,24,34H,7,10,19-23H2,1-3H3,(H,37,38). The van der Waals surface area contributed by atoms with Crippen LogP contribution < -0.4 is 5.32 Å². The molecule has 204 valence electrons. The molecule has 0 unspecified atom stereocenters. The zero-order valence-electron chi connectivity index (χ0n) is 23.2. The maximum atomic E-state index is 11.4. The van der Waals surface area contributed by atoms with E-state index >= 15 is 0 Å². The van der Waals surface area contributed by atoms with Gasteiger partial charge < -0.3 is 10.4 Å². The van der Waals surface area contributed by atoms with Gasteiger partial charge in [0.25, 0.3) is 0 Å². The van der Waals surface area contributed by atoms with Gasteiger partial charge in [-0.25, -0.2) is 4.98 Å². The third-order valence-corrected chi connectivity index (χ3v) is 7.26. The van der Waals surface area contributed by atoms with Gasteiger partial charge in [0.15, 0.2) is 0 Å². The molecule has 1 aromatic heterocycles. The van der Waals surface area contributed by atoms with Gasteiger partial charge in [0.1, 0.15) is 5.01 Å². The van der Waals surface area contributed by atoms with E-state index < -0.39 is 5.97 Å². The fourth-order valence-corrected chi connectivity index (χ4v) is 5.47. The number of nitrogens with one attached hydrogen (secondary N) is 1. The number of carboxylic acids is 1. The van der Waals surface area contributed by atoms with Crippen molar-refractivity contribution >= 4 is 23.0 Å². The number of rotatable bonds is 13. The Kier molecular flexibility index (Phi) is 9.90. The number of aliphatic carboxylic acids is 1. The van der Waals surface area contributed by atoms with Crippen molar-refractivity contribution in [3.63, 3.8) is 0 Å². The summed E-state index contributed by atoms with van der Waals surface area (Å²) in [6.07, 6.45) is 3.24. The Morgan fingerprint density at radius 1 is 0.897 bits per heavy atom. The van der Waals surface area contributed by atoms with Crippen molar-refractivity contribution in [2.45, 2.75) is 53.1 Å². The molecule has 0 saturated carbocycles. The summed E-state index contributed by atoms with van der Waals surface area (Å²) in [5.41, 5.74) is 7.28.